The molecule has 1 aliphatic heterocycles. The summed E-state index contributed by atoms with van der Waals surface area (Å²) in [5.41, 5.74) is 3.50. The van der Waals surface area contributed by atoms with Crippen molar-refractivity contribution >= 4 is 24.2 Å². The van der Waals surface area contributed by atoms with Crippen LogP contribution in [0, 0.1) is 11.6 Å². The number of H-pyrrole nitrogens is 1. The van der Waals surface area contributed by atoms with Crippen LogP contribution >= 0.6 is 0 Å². The summed E-state index contributed by atoms with van der Waals surface area (Å²) in [5, 5.41) is 11.5. The fourth-order valence-corrected chi connectivity index (χ4v) is 4.38. The Hall–Kier alpha value is -3.36. The van der Waals surface area contributed by atoms with Gasteiger partial charge < -0.3 is 15.1 Å². The van der Waals surface area contributed by atoms with E-state index in [9.17, 15) is 8.78 Å². The summed E-state index contributed by atoms with van der Waals surface area (Å²) in [7, 11) is 1.73. The van der Waals surface area contributed by atoms with E-state index in [2.05, 4.69) is 55.9 Å². The number of rotatable bonds is 7. The molecule has 0 amide bonds. The molecule has 8 heteroatoms. The van der Waals surface area contributed by atoms with Crippen molar-refractivity contribution in [1.29, 1.82) is 0 Å². The monoisotopic (exact) mass is 478 g/mol. The van der Waals surface area contributed by atoms with Crippen molar-refractivity contribution in [3.63, 3.8) is 0 Å². The maximum Gasteiger partial charge on any atom is 0.135 e. The number of aromatic nitrogens is 2. The molecule has 2 heterocycles. The number of hydrogen-bond donors (Lipinski definition) is 2. The highest BCUT2D eigenvalue weighted by atomic mass is 19.1. The summed E-state index contributed by atoms with van der Waals surface area (Å²) in [6.07, 6.45) is 1.51. The molecule has 0 aliphatic carbocycles. The van der Waals surface area contributed by atoms with Gasteiger partial charge in [-0.3, -0.25) is 10.1 Å². The molecule has 2 N–H and O–H groups in total. The lowest BCUT2D eigenvalue weighted by atomic mass is 10.1. The van der Waals surface area contributed by atoms with Gasteiger partial charge in [-0.05, 0) is 50.3 Å². The zero-order valence-electron chi connectivity index (χ0n) is 20.5. The molecule has 1 aliphatic rings. The van der Waals surface area contributed by atoms with Gasteiger partial charge in [0, 0.05) is 49.2 Å². The van der Waals surface area contributed by atoms with E-state index in [-0.39, 0.29) is 11.3 Å². The van der Waals surface area contributed by atoms with Gasteiger partial charge in [0.05, 0.1) is 28.5 Å². The molecule has 0 saturated carbocycles. The Morgan fingerprint density at radius 2 is 1.80 bits per heavy atom. The van der Waals surface area contributed by atoms with Crippen LogP contribution < -0.4 is 20.8 Å². The summed E-state index contributed by atoms with van der Waals surface area (Å²) in [4.78, 5) is 9.14. The Morgan fingerprint density at radius 3 is 2.40 bits per heavy atom. The number of aliphatic imine (C=N–C) groups is 1. The molecule has 0 bridgehead atoms. The van der Waals surface area contributed by atoms with E-state index in [1.54, 1.807) is 14.0 Å². The second-order valence-electron chi connectivity index (χ2n) is 8.74. The van der Waals surface area contributed by atoms with Gasteiger partial charge in [-0.2, -0.15) is 5.10 Å². The smallest absolute Gasteiger partial charge is 0.135 e. The molecule has 1 aromatic heterocycles. The van der Waals surface area contributed by atoms with Gasteiger partial charge in [-0.25, -0.2) is 8.78 Å². The first-order valence-electron chi connectivity index (χ1n) is 11.9. The first-order valence-corrected chi connectivity index (χ1v) is 11.9. The number of likely N-dealkylation sites (N-methyl/N-ethyl adjacent to an activating group) is 1. The van der Waals surface area contributed by atoms with E-state index in [4.69, 9.17) is 0 Å². The fourth-order valence-electron chi connectivity index (χ4n) is 4.38. The van der Waals surface area contributed by atoms with Crippen molar-refractivity contribution in [3.8, 4) is 11.3 Å². The van der Waals surface area contributed by atoms with Crippen molar-refractivity contribution in [3.05, 3.63) is 69.7 Å². The highest BCUT2D eigenvalue weighted by Crippen LogP contribution is 2.21. The standard InChI is InChI=1S/C27H32F2N6/c1-5-34-10-12-35(13-11-34)22-8-6-21(7-9-22)27-18(2)25(32-33-27)17-31-19(3)26-23(28)14-20(16-30-4)15-24(26)29/h6-9,14-15,17,30,32H,2,5,10-13,16H2,1,3-4H3/b25-17+,31-19?. The van der Waals surface area contributed by atoms with Crippen molar-refractivity contribution < 1.29 is 8.78 Å². The second kappa shape index (κ2) is 10.9. The van der Waals surface area contributed by atoms with Gasteiger partial charge in [-0.15, -0.1) is 0 Å². The minimum absolute atomic E-state index is 0.137. The number of aromatic amines is 1. The van der Waals surface area contributed by atoms with Crippen molar-refractivity contribution in [2.75, 3.05) is 44.7 Å². The number of nitrogens with one attached hydrogen (secondary N) is 2. The summed E-state index contributed by atoms with van der Waals surface area (Å²) in [5.74, 6) is -1.28. The molecule has 6 nitrogen and oxygen atoms in total. The number of hydrogen-bond acceptors (Lipinski definition) is 5. The molecule has 4 rings (SSSR count). The lowest BCUT2D eigenvalue weighted by Crippen LogP contribution is -2.46. The molecule has 0 spiro atoms. The largest absolute Gasteiger partial charge is 0.369 e. The first-order chi connectivity index (χ1) is 16.9. The van der Waals surface area contributed by atoms with Crippen LogP contribution in [-0.2, 0) is 6.54 Å². The summed E-state index contributed by atoms with van der Waals surface area (Å²) in [6.45, 7) is 13.6. The highest BCUT2D eigenvalue weighted by molar-refractivity contribution is 6.00. The van der Waals surface area contributed by atoms with Crippen LogP contribution in [0.15, 0.2) is 41.4 Å². The topological polar surface area (TPSA) is 59.5 Å². The number of nitrogens with zero attached hydrogens (tertiary/aromatic N) is 4. The normalized spacial score (nSPS) is 15.7. The third kappa shape index (κ3) is 5.49. The van der Waals surface area contributed by atoms with Gasteiger partial charge in [0.2, 0.25) is 0 Å². The molecule has 35 heavy (non-hydrogen) atoms. The maximum atomic E-state index is 14.5. The van der Waals surface area contributed by atoms with E-state index in [1.807, 2.05) is 12.1 Å². The molecule has 0 atom stereocenters. The minimum atomic E-state index is -0.638. The molecule has 184 valence electrons. The number of anilines is 1. The Balaban J connectivity index is 1.54. The molecule has 1 fully saturated rings. The van der Waals surface area contributed by atoms with Gasteiger partial charge in [0.15, 0.2) is 0 Å². The van der Waals surface area contributed by atoms with E-state index < -0.39 is 11.6 Å². The minimum Gasteiger partial charge on any atom is -0.369 e. The van der Waals surface area contributed by atoms with Crippen LogP contribution in [0.2, 0.25) is 0 Å². The highest BCUT2D eigenvalue weighted by Gasteiger charge is 2.16. The predicted octanol–water partition coefficient (Wildman–Crippen LogP) is 2.87. The molecule has 0 radical (unpaired) electrons. The molecular formula is C27H32F2N6. The van der Waals surface area contributed by atoms with E-state index in [0.717, 1.165) is 44.0 Å². The van der Waals surface area contributed by atoms with Crippen molar-refractivity contribution in [1.82, 2.24) is 20.4 Å². The fraction of sp³-hybridized carbons (Fsp3) is 0.333. The van der Waals surface area contributed by atoms with E-state index in [0.29, 0.717) is 22.7 Å². The van der Waals surface area contributed by atoms with Crippen LogP contribution in [0.5, 0.6) is 0 Å². The number of halogens is 2. The zero-order chi connectivity index (χ0) is 24.9. The van der Waals surface area contributed by atoms with Crippen LogP contribution in [-0.4, -0.2) is 60.6 Å². The third-order valence-corrected chi connectivity index (χ3v) is 6.46. The SMILES string of the molecule is C=c1c(-c2ccc(N3CCN(CC)CC3)cc2)n[nH]/c1=C/N=C(C)c1c(F)cc(CNC)cc1F. The number of piperazine rings is 1. The zero-order valence-corrected chi connectivity index (χ0v) is 20.5. The first kappa shape index (κ1) is 24.8. The predicted molar refractivity (Wildman–Crippen MR) is 139 cm³/mol. The summed E-state index contributed by atoms with van der Waals surface area (Å²) >= 11 is 0. The van der Waals surface area contributed by atoms with Crippen LogP contribution in [0.25, 0.3) is 24.0 Å². The van der Waals surface area contributed by atoms with Crippen molar-refractivity contribution in [2.45, 2.75) is 20.4 Å². The lowest BCUT2D eigenvalue weighted by molar-refractivity contribution is 0.271. The lowest BCUT2D eigenvalue weighted by Gasteiger charge is -2.35. The Kier molecular flexibility index (Phi) is 7.73. The second-order valence-corrected chi connectivity index (χ2v) is 8.74. The summed E-state index contributed by atoms with van der Waals surface area (Å²) < 4.78 is 29.0. The Labute approximate surface area is 204 Å². The Bertz CT molecular complexity index is 1280. The molecule has 2 aromatic carbocycles. The average Bonchev–Trinajstić information content (AvgIpc) is 3.23. The van der Waals surface area contributed by atoms with Gasteiger partial charge in [0.25, 0.3) is 0 Å². The van der Waals surface area contributed by atoms with Crippen LogP contribution in [0.4, 0.5) is 14.5 Å². The Morgan fingerprint density at radius 1 is 1.14 bits per heavy atom. The molecule has 1 saturated heterocycles. The molecular weight excluding hydrogens is 446 g/mol. The summed E-state index contributed by atoms with van der Waals surface area (Å²) in [6, 6.07) is 11.0. The van der Waals surface area contributed by atoms with Gasteiger partial charge in [0.1, 0.15) is 11.6 Å². The van der Waals surface area contributed by atoms with Gasteiger partial charge in [-0.1, -0.05) is 25.6 Å². The van der Waals surface area contributed by atoms with E-state index in [1.165, 1.54) is 24.0 Å². The molecule has 3 aromatic rings. The number of benzene rings is 2. The van der Waals surface area contributed by atoms with Crippen LogP contribution in [0.3, 0.4) is 0 Å². The quantitative estimate of drug-likeness (QED) is 0.513. The van der Waals surface area contributed by atoms with E-state index >= 15 is 0 Å². The van der Waals surface area contributed by atoms with Crippen LogP contribution in [0.1, 0.15) is 25.0 Å². The third-order valence-electron chi connectivity index (χ3n) is 6.46. The van der Waals surface area contributed by atoms with Crippen molar-refractivity contribution in [2.24, 2.45) is 4.99 Å². The average molecular weight is 479 g/mol. The molecule has 0 unspecified atom stereocenters. The van der Waals surface area contributed by atoms with Gasteiger partial charge >= 0.3 is 0 Å². The maximum absolute atomic E-state index is 14.5.